The van der Waals surface area contributed by atoms with Crippen LogP contribution in [0.1, 0.15) is 90.4 Å². The Kier molecular flexibility index (Phi) is 13.2. The highest BCUT2D eigenvalue weighted by Crippen LogP contribution is 2.13. The summed E-state index contributed by atoms with van der Waals surface area (Å²) < 4.78 is 0. The smallest absolute Gasteiger partial charge is 0.204 e. The Balaban J connectivity index is 3.29. The molecule has 0 atom stereocenters. The van der Waals surface area contributed by atoms with E-state index >= 15 is 0 Å². The Morgan fingerprint density at radius 2 is 1.32 bits per heavy atom. The van der Waals surface area contributed by atoms with Gasteiger partial charge in [-0.25, -0.2) is 0 Å². The normalized spacial score (nSPS) is 12.1. The van der Waals surface area contributed by atoms with Crippen LogP contribution in [0.2, 0.25) is 0 Å². The van der Waals surface area contributed by atoms with Crippen molar-refractivity contribution in [2.75, 3.05) is 0 Å². The highest BCUT2D eigenvalue weighted by atomic mass is 16.5. The van der Waals surface area contributed by atoms with Crippen molar-refractivity contribution in [2.45, 2.75) is 96.2 Å². The van der Waals surface area contributed by atoms with Gasteiger partial charge in [-0.05, 0) is 32.1 Å². The summed E-state index contributed by atoms with van der Waals surface area (Å²) in [5.41, 5.74) is 0. The van der Waals surface area contributed by atoms with Crippen molar-refractivity contribution >= 4 is 5.97 Å². The van der Waals surface area contributed by atoms with Crippen molar-refractivity contribution in [3.8, 4) is 0 Å². The van der Waals surface area contributed by atoms with Gasteiger partial charge in [-0.2, -0.15) is 0 Å². The van der Waals surface area contributed by atoms with Gasteiger partial charge in [0, 0.05) is 6.42 Å². The fraction of sp³-hybridized carbons (Fsp3) is 0.833. The summed E-state index contributed by atoms with van der Waals surface area (Å²) in [7, 11) is 0. The maximum atomic E-state index is 10.4. The average molecular weight is 313 g/mol. The molecule has 4 heteroatoms. The number of aliphatic hydroxyl groups is 2. The molecule has 0 radical (unpaired) electrons. The number of carbonyl (C=O) groups is 1. The van der Waals surface area contributed by atoms with Gasteiger partial charge in [0.15, 0.2) is 0 Å². The second-order valence-corrected chi connectivity index (χ2v) is 6.08. The van der Waals surface area contributed by atoms with Gasteiger partial charge in [0.2, 0.25) is 5.79 Å². The number of rotatable bonds is 15. The maximum absolute atomic E-state index is 10.4. The van der Waals surface area contributed by atoms with Crippen LogP contribution in [0.25, 0.3) is 0 Å². The van der Waals surface area contributed by atoms with Crippen molar-refractivity contribution in [3.05, 3.63) is 12.2 Å². The van der Waals surface area contributed by atoms with Gasteiger partial charge in [-0.1, -0.05) is 64.0 Å². The van der Waals surface area contributed by atoms with Gasteiger partial charge < -0.3 is 20.1 Å². The summed E-state index contributed by atoms with van der Waals surface area (Å²) in [6.07, 6.45) is 17.8. The van der Waals surface area contributed by atoms with E-state index in [9.17, 15) is 9.90 Å². The minimum atomic E-state index is -2.67. The van der Waals surface area contributed by atoms with Gasteiger partial charge >= 0.3 is 0 Å². The number of allylic oxidation sites excluding steroid dienone is 2. The quantitative estimate of drug-likeness (QED) is 0.276. The number of aliphatic carboxylic acids is 1. The molecule has 0 amide bonds. The molecule has 0 aliphatic carbocycles. The number of carbonyl (C=O) groups excluding carboxylic acids is 1. The van der Waals surface area contributed by atoms with Crippen molar-refractivity contribution in [2.24, 2.45) is 0 Å². The van der Waals surface area contributed by atoms with E-state index in [1.165, 1.54) is 38.5 Å². The monoisotopic (exact) mass is 313 g/mol. The number of unbranched alkanes of at least 4 members (excludes halogenated alkanes) is 10. The minimum absolute atomic E-state index is 0.163. The molecule has 0 rings (SSSR count). The Bertz CT molecular complexity index is 297. The zero-order valence-electron chi connectivity index (χ0n) is 14.1. The van der Waals surface area contributed by atoms with Gasteiger partial charge in [0.25, 0.3) is 0 Å². The molecule has 0 spiro atoms. The van der Waals surface area contributed by atoms with Crippen LogP contribution >= 0.6 is 0 Å². The molecular formula is C18H33O4-. The van der Waals surface area contributed by atoms with E-state index in [1.54, 1.807) is 0 Å². The number of hydrogen-bond donors (Lipinski definition) is 2. The summed E-state index contributed by atoms with van der Waals surface area (Å²) in [5, 5.41) is 28.5. The summed E-state index contributed by atoms with van der Waals surface area (Å²) in [5.74, 6) is -4.48. The van der Waals surface area contributed by atoms with Crippen LogP contribution in [-0.2, 0) is 4.79 Å². The first-order valence-corrected chi connectivity index (χ1v) is 8.82. The third kappa shape index (κ3) is 12.8. The van der Waals surface area contributed by atoms with E-state index in [0.29, 0.717) is 6.42 Å². The van der Waals surface area contributed by atoms with Crippen LogP contribution in [0.15, 0.2) is 12.2 Å². The van der Waals surface area contributed by atoms with Gasteiger partial charge in [0.05, 0.1) is 0 Å². The summed E-state index contributed by atoms with van der Waals surface area (Å²) in [6.45, 7) is 2.23. The van der Waals surface area contributed by atoms with E-state index in [2.05, 4.69) is 19.1 Å². The predicted octanol–water partition coefficient (Wildman–Crippen LogP) is 3.06. The fourth-order valence-electron chi connectivity index (χ4n) is 2.37. The van der Waals surface area contributed by atoms with Crippen LogP contribution in [0.4, 0.5) is 0 Å². The third-order valence-electron chi connectivity index (χ3n) is 3.86. The number of carboxylic acid groups (broad SMARTS) is 1. The molecule has 22 heavy (non-hydrogen) atoms. The summed E-state index contributed by atoms with van der Waals surface area (Å²) in [6, 6.07) is 0. The molecule has 0 saturated heterocycles. The Labute approximate surface area is 135 Å². The standard InChI is InChI=1S/C18H34O4/c1-2-3-4-5-6-7-8-9-10-11-12-13-14-15-16-18(21,22)17(19)20/h9-10,21-22H,2-8,11-16H2,1H3,(H,19,20)/p-1/b10-9-. The SMILES string of the molecule is CCCCCCCC/C=C\CCCCCCC(O)(O)C(=O)[O-]. The molecule has 0 aromatic carbocycles. The lowest BCUT2D eigenvalue weighted by Gasteiger charge is -2.22. The Morgan fingerprint density at radius 1 is 0.864 bits per heavy atom. The first kappa shape index (κ1) is 21.1. The molecule has 4 nitrogen and oxygen atoms in total. The van der Waals surface area contributed by atoms with Crippen LogP contribution in [0, 0.1) is 0 Å². The van der Waals surface area contributed by atoms with Crippen molar-refractivity contribution in [1.82, 2.24) is 0 Å². The largest absolute Gasteiger partial charge is 0.544 e. The average Bonchev–Trinajstić information content (AvgIpc) is 2.47. The first-order valence-electron chi connectivity index (χ1n) is 8.82. The molecule has 0 heterocycles. The van der Waals surface area contributed by atoms with E-state index in [-0.39, 0.29) is 6.42 Å². The Morgan fingerprint density at radius 3 is 1.82 bits per heavy atom. The van der Waals surface area contributed by atoms with Crippen LogP contribution in [0.5, 0.6) is 0 Å². The molecule has 0 aliphatic rings. The van der Waals surface area contributed by atoms with Crippen LogP contribution < -0.4 is 5.11 Å². The molecule has 0 unspecified atom stereocenters. The highest BCUT2D eigenvalue weighted by Gasteiger charge is 2.23. The van der Waals surface area contributed by atoms with Gasteiger partial charge in [0.1, 0.15) is 5.97 Å². The first-order chi connectivity index (χ1) is 10.5. The van der Waals surface area contributed by atoms with E-state index in [0.717, 1.165) is 32.1 Å². The van der Waals surface area contributed by atoms with E-state index in [4.69, 9.17) is 10.2 Å². The molecule has 0 bridgehead atoms. The number of hydrogen-bond acceptors (Lipinski definition) is 4. The number of carboxylic acids is 1. The molecule has 130 valence electrons. The highest BCUT2D eigenvalue weighted by molar-refractivity contribution is 5.72. The lowest BCUT2D eigenvalue weighted by atomic mass is 10.1. The zero-order valence-corrected chi connectivity index (χ0v) is 14.1. The Hall–Kier alpha value is -0.870. The minimum Gasteiger partial charge on any atom is -0.544 e. The molecular weight excluding hydrogens is 280 g/mol. The van der Waals surface area contributed by atoms with Crippen molar-refractivity contribution in [3.63, 3.8) is 0 Å². The molecule has 0 aliphatic heterocycles. The van der Waals surface area contributed by atoms with Crippen LogP contribution in [0.3, 0.4) is 0 Å². The molecule has 0 saturated carbocycles. The second kappa shape index (κ2) is 13.8. The van der Waals surface area contributed by atoms with Crippen molar-refractivity contribution < 1.29 is 20.1 Å². The van der Waals surface area contributed by atoms with E-state index < -0.39 is 11.8 Å². The second-order valence-electron chi connectivity index (χ2n) is 6.08. The summed E-state index contributed by atoms with van der Waals surface area (Å²) >= 11 is 0. The maximum Gasteiger partial charge on any atom is 0.204 e. The molecule has 2 N–H and O–H groups in total. The molecule has 0 fully saturated rings. The zero-order chi connectivity index (χ0) is 16.7. The summed E-state index contributed by atoms with van der Waals surface area (Å²) in [4.78, 5) is 10.4. The van der Waals surface area contributed by atoms with Crippen molar-refractivity contribution in [1.29, 1.82) is 0 Å². The third-order valence-corrected chi connectivity index (χ3v) is 3.86. The predicted molar refractivity (Wildman–Crippen MR) is 87.0 cm³/mol. The molecule has 0 aromatic rings. The topological polar surface area (TPSA) is 80.6 Å². The molecule has 0 aromatic heterocycles. The van der Waals surface area contributed by atoms with Gasteiger partial charge in [-0.15, -0.1) is 0 Å². The van der Waals surface area contributed by atoms with Crippen LogP contribution in [-0.4, -0.2) is 22.0 Å². The van der Waals surface area contributed by atoms with E-state index in [1.807, 2.05) is 0 Å². The fourth-order valence-corrected chi connectivity index (χ4v) is 2.37. The van der Waals surface area contributed by atoms with Gasteiger partial charge in [-0.3, -0.25) is 0 Å². The lowest BCUT2D eigenvalue weighted by molar-refractivity contribution is -0.347. The lowest BCUT2D eigenvalue weighted by Crippen LogP contribution is -2.48.